The first kappa shape index (κ1) is 13.0. The Hall–Kier alpha value is -1.06. The molecule has 3 nitrogen and oxygen atoms in total. The maximum atomic E-state index is 10.0. The fraction of sp³-hybridized carbons (Fsp3) is 0.538. The summed E-state index contributed by atoms with van der Waals surface area (Å²) < 4.78 is 5.17. The molecule has 0 aliphatic rings. The molecular weight excluding hydrogens is 202 g/mol. The molecule has 2 unspecified atom stereocenters. The molecule has 16 heavy (non-hydrogen) atoms. The Balaban J connectivity index is 2.85. The van der Waals surface area contributed by atoms with Gasteiger partial charge in [0.05, 0.1) is 13.2 Å². The van der Waals surface area contributed by atoms with Gasteiger partial charge in [0.2, 0.25) is 0 Å². The summed E-state index contributed by atoms with van der Waals surface area (Å²) >= 11 is 0. The van der Waals surface area contributed by atoms with E-state index in [9.17, 15) is 5.11 Å². The van der Waals surface area contributed by atoms with E-state index in [1.54, 1.807) is 7.11 Å². The molecule has 0 spiro atoms. The van der Waals surface area contributed by atoms with Crippen LogP contribution in [0.5, 0.6) is 5.75 Å². The third kappa shape index (κ3) is 3.22. The number of nitrogens with two attached hydrogens (primary N) is 1. The van der Waals surface area contributed by atoms with Crippen LogP contribution in [-0.2, 0) is 0 Å². The van der Waals surface area contributed by atoms with Crippen molar-refractivity contribution in [3.63, 3.8) is 0 Å². The van der Waals surface area contributed by atoms with Crippen molar-refractivity contribution in [2.45, 2.75) is 31.8 Å². The minimum Gasteiger partial charge on any atom is -0.497 e. The van der Waals surface area contributed by atoms with Crippen molar-refractivity contribution >= 4 is 0 Å². The summed E-state index contributed by atoms with van der Waals surface area (Å²) in [6, 6.07) is 7.74. The highest BCUT2D eigenvalue weighted by Gasteiger charge is 2.19. The van der Waals surface area contributed by atoms with Gasteiger partial charge in [-0.1, -0.05) is 25.5 Å². The van der Waals surface area contributed by atoms with Crippen LogP contribution >= 0.6 is 0 Å². The van der Waals surface area contributed by atoms with Crippen LogP contribution in [0.3, 0.4) is 0 Å². The Morgan fingerprint density at radius 3 is 2.75 bits per heavy atom. The SMILES string of the molecule is CCCC(O)C(CN)c1cccc(OC)c1. The average molecular weight is 223 g/mol. The molecule has 1 aromatic rings. The second-order valence-corrected chi connectivity index (χ2v) is 3.97. The van der Waals surface area contributed by atoms with E-state index in [1.807, 2.05) is 24.3 Å². The van der Waals surface area contributed by atoms with E-state index >= 15 is 0 Å². The molecule has 0 radical (unpaired) electrons. The van der Waals surface area contributed by atoms with E-state index in [-0.39, 0.29) is 12.0 Å². The highest BCUT2D eigenvalue weighted by atomic mass is 16.5. The van der Waals surface area contributed by atoms with Crippen molar-refractivity contribution < 1.29 is 9.84 Å². The monoisotopic (exact) mass is 223 g/mol. The van der Waals surface area contributed by atoms with Gasteiger partial charge in [-0.15, -0.1) is 0 Å². The molecule has 1 aromatic carbocycles. The minimum atomic E-state index is -0.373. The van der Waals surface area contributed by atoms with Crippen molar-refractivity contribution in [1.82, 2.24) is 0 Å². The topological polar surface area (TPSA) is 55.5 Å². The van der Waals surface area contributed by atoms with Gasteiger partial charge in [-0.05, 0) is 24.1 Å². The fourth-order valence-electron chi connectivity index (χ4n) is 1.88. The van der Waals surface area contributed by atoms with Crippen LogP contribution in [0.4, 0.5) is 0 Å². The normalized spacial score (nSPS) is 14.5. The highest BCUT2D eigenvalue weighted by Crippen LogP contribution is 2.24. The van der Waals surface area contributed by atoms with Crippen LogP contribution in [0, 0.1) is 0 Å². The zero-order valence-electron chi connectivity index (χ0n) is 10.0. The quantitative estimate of drug-likeness (QED) is 0.774. The molecule has 3 heteroatoms. The number of aliphatic hydroxyl groups excluding tert-OH is 1. The maximum Gasteiger partial charge on any atom is 0.119 e. The summed E-state index contributed by atoms with van der Waals surface area (Å²) in [6.07, 6.45) is 1.36. The van der Waals surface area contributed by atoms with Crippen molar-refractivity contribution in [3.05, 3.63) is 29.8 Å². The second kappa shape index (κ2) is 6.51. The van der Waals surface area contributed by atoms with Gasteiger partial charge >= 0.3 is 0 Å². The van der Waals surface area contributed by atoms with Crippen LogP contribution in [-0.4, -0.2) is 24.9 Å². The Morgan fingerprint density at radius 1 is 1.44 bits per heavy atom. The Morgan fingerprint density at radius 2 is 2.19 bits per heavy atom. The summed E-state index contributed by atoms with van der Waals surface area (Å²) in [5, 5.41) is 10.0. The van der Waals surface area contributed by atoms with Gasteiger partial charge in [0.15, 0.2) is 0 Å². The molecule has 2 atom stereocenters. The van der Waals surface area contributed by atoms with Crippen LogP contribution in [0.25, 0.3) is 0 Å². The summed E-state index contributed by atoms with van der Waals surface area (Å²) in [5.74, 6) is 0.801. The number of ether oxygens (including phenoxy) is 1. The lowest BCUT2D eigenvalue weighted by atomic mass is 9.91. The number of aliphatic hydroxyl groups is 1. The molecule has 0 amide bonds. The van der Waals surface area contributed by atoms with E-state index in [4.69, 9.17) is 10.5 Å². The standard InChI is InChI=1S/C13H21NO2/c1-3-5-13(15)12(9-14)10-6-4-7-11(8-10)16-2/h4,6-8,12-13,15H,3,5,9,14H2,1-2H3. The molecule has 0 aliphatic carbocycles. The van der Waals surface area contributed by atoms with Gasteiger partial charge in [-0.25, -0.2) is 0 Å². The molecule has 0 heterocycles. The molecular formula is C13H21NO2. The second-order valence-electron chi connectivity index (χ2n) is 3.97. The molecule has 1 rings (SSSR count). The zero-order valence-corrected chi connectivity index (χ0v) is 10.0. The van der Waals surface area contributed by atoms with Crippen molar-refractivity contribution in [3.8, 4) is 5.75 Å². The van der Waals surface area contributed by atoms with Crippen LogP contribution < -0.4 is 10.5 Å². The number of hydrogen-bond acceptors (Lipinski definition) is 3. The van der Waals surface area contributed by atoms with Crippen molar-refractivity contribution in [1.29, 1.82) is 0 Å². The van der Waals surface area contributed by atoms with Crippen LogP contribution in [0.1, 0.15) is 31.2 Å². The minimum absolute atomic E-state index is 0.00458. The lowest BCUT2D eigenvalue weighted by molar-refractivity contribution is 0.135. The Bertz CT molecular complexity index is 315. The predicted molar refractivity (Wildman–Crippen MR) is 65.7 cm³/mol. The number of methoxy groups -OCH3 is 1. The molecule has 0 aromatic heterocycles. The fourth-order valence-corrected chi connectivity index (χ4v) is 1.88. The van der Waals surface area contributed by atoms with E-state index < -0.39 is 0 Å². The number of benzene rings is 1. The molecule has 0 saturated carbocycles. The van der Waals surface area contributed by atoms with E-state index in [2.05, 4.69) is 6.92 Å². The molecule has 0 saturated heterocycles. The lowest BCUT2D eigenvalue weighted by Crippen LogP contribution is -2.25. The summed E-state index contributed by atoms with van der Waals surface area (Å²) in [6.45, 7) is 2.51. The highest BCUT2D eigenvalue weighted by molar-refractivity contribution is 5.31. The third-order valence-electron chi connectivity index (χ3n) is 2.82. The number of hydrogen-bond donors (Lipinski definition) is 2. The smallest absolute Gasteiger partial charge is 0.119 e. The summed E-state index contributed by atoms with van der Waals surface area (Å²) in [7, 11) is 1.64. The summed E-state index contributed by atoms with van der Waals surface area (Å²) in [4.78, 5) is 0. The molecule has 90 valence electrons. The van der Waals surface area contributed by atoms with Gasteiger partial charge in [-0.2, -0.15) is 0 Å². The molecule has 0 fully saturated rings. The van der Waals surface area contributed by atoms with Crippen molar-refractivity contribution in [2.75, 3.05) is 13.7 Å². The van der Waals surface area contributed by atoms with Crippen LogP contribution in [0.15, 0.2) is 24.3 Å². The Labute approximate surface area is 97.2 Å². The first-order chi connectivity index (χ1) is 7.72. The van der Waals surface area contributed by atoms with E-state index in [0.29, 0.717) is 6.54 Å². The molecule has 0 bridgehead atoms. The lowest BCUT2D eigenvalue weighted by Gasteiger charge is -2.21. The average Bonchev–Trinajstić information content (AvgIpc) is 2.31. The first-order valence-corrected chi connectivity index (χ1v) is 5.75. The van der Waals surface area contributed by atoms with Gasteiger partial charge in [-0.3, -0.25) is 0 Å². The first-order valence-electron chi connectivity index (χ1n) is 5.75. The van der Waals surface area contributed by atoms with E-state index in [1.165, 1.54) is 0 Å². The summed E-state index contributed by atoms with van der Waals surface area (Å²) in [5.41, 5.74) is 6.77. The van der Waals surface area contributed by atoms with Gasteiger partial charge in [0.1, 0.15) is 5.75 Å². The largest absolute Gasteiger partial charge is 0.497 e. The Kier molecular flexibility index (Phi) is 5.29. The predicted octanol–water partition coefficient (Wildman–Crippen LogP) is 1.90. The maximum absolute atomic E-state index is 10.0. The third-order valence-corrected chi connectivity index (χ3v) is 2.82. The van der Waals surface area contributed by atoms with Crippen molar-refractivity contribution in [2.24, 2.45) is 5.73 Å². The molecule has 3 N–H and O–H groups in total. The van der Waals surface area contributed by atoms with E-state index in [0.717, 1.165) is 24.2 Å². The molecule has 0 aliphatic heterocycles. The zero-order chi connectivity index (χ0) is 12.0. The number of rotatable bonds is 6. The van der Waals surface area contributed by atoms with Gasteiger partial charge in [0, 0.05) is 12.5 Å². The van der Waals surface area contributed by atoms with Gasteiger partial charge < -0.3 is 15.6 Å². The van der Waals surface area contributed by atoms with Crippen LogP contribution in [0.2, 0.25) is 0 Å². The van der Waals surface area contributed by atoms with Gasteiger partial charge in [0.25, 0.3) is 0 Å².